The normalized spacial score (nSPS) is 15.8. The highest BCUT2D eigenvalue weighted by atomic mass is 79.9. The first-order valence-electron chi connectivity index (χ1n) is 10.2. The van der Waals surface area contributed by atoms with Gasteiger partial charge in [-0.2, -0.15) is 0 Å². The third-order valence-corrected chi connectivity index (χ3v) is 5.74. The molecule has 2 aromatic carbocycles. The van der Waals surface area contributed by atoms with Crippen molar-refractivity contribution in [3.05, 3.63) is 70.7 Å². The number of hydrogen-bond donors (Lipinski definition) is 2. The Kier molecular flexibility index (Phi) is 6.65. The highest BCUT2D eigenvalue weighted by molar-refractivity contribution is 9.10. The van der Waals surface area contributed by atoms with Crippen LogP contribution in [0.3, 0.4) is 0 Å². The van der Waals surface area contributed by atoms with E-state index in [1.165, 1.54) is 0 Å². The van der Waals surface area contributed by atoms with Gasteiger partial charge >= 0.3 is 6.09 Å². The molecule has 3 aromatic rings. The molecule has 2 heterocycles. The zero-order valence-corrected chi connectivity index (χ0v) is 18.8. The Morgan fingerprint density at radius 2 is 1.84 bits per heavy atom. The summed E-state index contributed by atoms with van der Waals surface area (Å²) in [6.45, 7) is 1.48. The van der Waals surface area contributed by atoms with Crippen molar-refractivity contribution in [3.63, 3.8) is 0 Å². The van der Waals surface area contributed by atoms with E-state index < -0.39 is 6.09 Å². The number of anilines is 1. The number of hydrogen-bond acceptors (Lipinski definition) is 6. The lowest BCUT2D eigenvalue weighted by Gasteiger charge is -2.33. The van der Waals surface area contributed by atoms with Crippen molar-refractivity contribution in [1.29, 1.82) is 0 Å². The van der Waals surface area contributed by atoms with Gasteiger partial charge in [-0.3, -0.25) is 4.79 Å². The third-order valence-electron chi connectivity index (χ3n) is 5.21. The number of amides is 2. The summed E-state index contributed by atoms with van der Waals surface area (Å²) in [5.74, 6) is 0.970. The van der Waals surface area contributed by atoms with Crippen LogP contribution in [0.25, 0.3) is 11.3 Å². The summed E-state index contributed by atoms with van der Waals surface area (Å²) >= 11 is 3.38. The van der Waals surface area contributed by atoms with E-state index in [0.29, 0.717) is 29.1 Å². The van der Waals surface area contributed by atoms with Crippen molar-refractivity contribution >= 4 is 33.7 Å². The van der Waals surface area contributed by atoms with E-state index in [2.05, 4.69) is 36.3 Å². The van der Waals surface area contributed by atoms with E-state index >= 15 is 0 Å². The van der Waals surface area contributed by atoms with Gasteiger partial charge in [0, 0.05) is 34.7 Å². The Balaban J connectivity index is 1.44. The third kappa shape index (κ3) is 5.23. The number of primary amides is 1. The van der Waals surface area contributed by atoms with Gasteiger partial charge in [0.1, 0.15) is 5.75 Å². The summed E-state index contributed by atoms with van der Waals surface area (Å²) in [7, 11) is 0. The zero-order chi connectivity index (χ0) is 22.5. The number of nitrogens with one attached hydrogen (secondary N) is 1. The average molecular weight is 496 g/mol. The highest BCUT2D eigenvalue weighted by Crippen LogP contribution is 2.29. The van der Waals surface area contributed by atoms with Crippen LogP contribution in [0, 0.1) is 0 Å². The Hall–Kier alpha value is -3.46. The average Bonchev–Trinajstić information content (AvgIpc) is 2.80. The number of halogens is 1. The Bertz CT molecular complexity index is 1110. The van der Waals surface area contributed by atoms with Crippen LogP contribution in [-0.2, 0) is 0 Å². The lowest BCUT2D eigenvalue weighted by atomic mass is 10.0. The monoisotopic (exact) mass is 495 g/mol. The molecule has 1 aromatic heterocycles. The molecule has 0 radical (unpaired) electrons. The summed E-state index contributed by atoms with van der Waals surface area (Å²) in [4.78, 5) is 25.8. The molecule has 8 nitrogen and oxygen atoms in total. The van der Waals surface area contributed by atoms with Gasteiger partial charge in [-0.1, -0.05) is 28.1 Å². The van der Waals surface area contributed by atoms with Gasteiger partial charge in [0.15, 0.2) is 5.82 Å². The van der Waals surface area contributed by atoms with Crippen molar-refractivity contribution in [1.82, 2.24) is 15.5 Å². The second-order valence-electron chi connectivity index (χ2n) is 7.46. The summed E-state index contributed by atoms with van der Waals surface area (Å²) in [6, 6.07) is 18.0. The summed E-state index contributed by atoms with van der Waals surface area (Å²) in [5.41, 5.74) is 6.98. The minimum absolute atomic E-state index is 0.0195. The number of piperidine rings is 1. The molecule has 1 aliphatic heterocycles. The maximum absolute atomic E-state index is 12.6. The number of ether oxygens (including phenoxy) is 1. The summed E-state index contributed by atoms with van der Waals surface area (Å²) < 4.78 is 5.99. The Labute approximate surface area is 193 Å². The van der Waals surface area contributed by atoms with Crippen molar-refractivity contribution in [2.24, 2.45) is 5.73 Å². The van der Waals surface area contributed by atoms with Gasteiger partial charge in [-0.25, -0.2) is 4.79 Å². The molecule has 32 heavy (non-hydrogen) atoms. The van der Waals surface area contributed by atoms with Crippen molar-refractivity contribution in [2.45, 2.75) is 18.9 Å². The molecule has 1 aliphatic rings. The maximum Gasteiger partial charge on any atom is 0.409 e. The van der Waals surface area contributed by atoms with Crippen LogP contribution >= 0.6 is 15.9 Å². The number of nitrogens with zero attached hydrogens (tertiary/aromatic N) is 3. The fourth-order valence-corrected chi connectivity index (χ4v) is 3.95. The molecule has 0 bridgehead atoms. The lowest BCUT2D eigenvalue weighted by Crippen LogP contribution is -2.48. The van der Waals surface area contributed by atoms with Gasteiger partial charge in [-0.05, 0) is 61.4 Å². The molecule has 9 heteroatoms. The topological polar surface area (TPSA) is 110 Å². The number of carbonyl (C=O) groups excluding carboxylic acids is 2. The molecular formula is C23H22BrN5O3. The Morgan fingerprint density at radius 3 is 2.56 bits per heavy atom. The molecule has 0 spiro atoms. The quantitative estimate of drug-likeness (QED) is 0.557. The molecule has 0 saturated carbocycles. The summed E-state index contributed by atoms with van der Waals surface area (Å²) in [6.07, 6.45) is 0.957. The van der Waals surface area contributed by atoms with E-state index in [4.69, 9.17) is 10.5 Å². The van der Waals surface area contributed by atoms with Gasteiger partial charge in [0.2, 0.25) is 0 Å². The van der Waals surface area contributed by atoms with E-state index in [0.717, 1.165) is 29.7 Å². The minimum atomic E-state index is -0.883. The Morgan fingerprint density at radius 1 is 1.06 bits per heavy atom. The molecular weight excluding hydrogens is 474 g/mol. The van der Waals surface area contributed by atoms with E-state index in [1.54, 1.807) is 30.3 Å². The largest absolute Gasteiger partial charge is 0.410 e. The van der Waals surface area contributed by atoms with Crippen molar-refractivity contribution < 1.29 is 14.3 Å². The molecule has 1 fully saturated rings. The lowest BCUT2D eigenvalue weighted by molar-refractivity contribution is 0.0933. The minimum Gasteiger partial charge on any atom is -0.410 e. The first kappa shape index (κ1) is 21.8. The molecule has 0 aliphatic carbocycles. The zero-order valence-electron chi connectivity index (χ0n) is 17.2. The molecule has 4 rings (SSSR count). The molecule has 164 valence electrons. The van der Waals surface area contributed by atoms with Crippen LogP contribution in [-0.4, -0.2) is 41.3 Å². The number of carbonyl (C=O) groups is 2. The number of benzene rings is 2. The van der Waals surface area contributed by atoms with Gasteiger partial charge < -0.3 is 20.7 Å². The predicted molar refractivity (Wildman–Crippen MR) is 125 cm³/mol. The number of rotatable bonds is 5. The predicted octanol–water partition coefficient (Wildman–Crippen LogP) is 3.76. The molecule has 1 atom stereocenters. The van der Waals surface area contributed by atoms with Crippen LogP contribution < -0.4 is 20.7 Å². The van der Waals surface area contributed by atoms with E-state index in [9.17, 15) is 9.59 Å². The van der Waals surface area contributed by atoms with E-state index in [-0.39, 0.29) is 11.9 Å². The first-order chi connectivity index (χ1) is 15.5. The molecule has 2 amide bonds. The maximum atomic E-state index is 12.6. The molecule has 1 unspecified atom stereocenters. The second-order valence-corrected chi connectivity index (χ2v) is 8.38. The van der Waals surface area contributed by atoms with Gasteiger partial charge in [-0.15, -0.1) is 10.2 Å². The second kappa shape index (κ2) is 9.78. The standard InChI is InChI=1S/C23H22BrN5O3/c24-16-9-7-15(8-10-16)22(30)26-17-4-3-13-29(14-17)21-12-11-19(27-28-21)18-5-1-2-6-20(18)32-23(25)31/h1-2,5-12,17H,3-4,13-14H2,(H2,25,31)(H,26,30). The fraction of sp³-hybridized carbons (Fsp3) is 0.217. The number of para-hydroxylation sites is 1. The van der Waals surface area contributed by atoms with E-state index in [1.807, 2.05) is 30.3 Å². The number of nitrogens with two attached hydrogens (primary N) is 1. The van der Waals surface area contributed by atoms with Crippen LogP contribution in [0.2, 0.25) is 0 Å². The summed E-state index contributed by atoms with van der Waals surface area (Å²) in [5, 5.41) is 11.8. The van der Waals surface area contributed by atoms with Gasteiger partial charge in [0.25, 0.3) is 5.91 Å². The van der Waals surface area contributed by atoms with Crippen molar-refractivity contribution in [3.8, 4) is 17.0 Å². The van der Waals surface area contributed by atoms with Crippen LogP contribution in [0.15, 0.2) is 65.1 Å². The molecule has 1 saturated heterocycles. The highest BCUT2D eigenvalue weighted by Gasteiger charge is 2.23. The van der Waals surface area contributed by atoms with Gasteiger partial charge in [0.05, 0.1) is 5.69 Å². The molecule has 3 N–H and O–H groups in total. The number of aromatic nitrogens is 2. The fourth-order valence-electron chi connectivity index (χ4n) is 3.69. The smallest absolute Gasteiger partial charge is 0.409 e. The first-order valence-corrected chi connectivity index (χ1v) is 11.0. The van der Waals surface area contributed by atoms with Crippen molar-refractivity contribution in [2.75, 3.05) is 18.0 Å². The van der Waals surface area contributed by atoms with Crippen LogP contribution in [0.1, 0.15) is 23.2 Å². The SMILES string of the molecule is NC(=O)Oc1ccccc1-c1ccc(N2CCCC(NC(=O)c3ccc(Br)cc3)C2)nn1. The van der Waals surface area contributed by atoms with Crippen LogP contribution in [0.4, 0.5) is 10.6 Å². The van der Waals surface area contributed by atoms with Crippen LogP contribution in [0.5, 0.6) is 5.75 Å².